The summed E-state index contributed by atoms with van der Waals surface area (Å²) in [5, 5.41) is 7.52. The van der Waals surface area contributed by atoms with Gasteiger partial charge in [0.1, 0.15) is 0 Å². The van der Waals surface area contributed by atoms with Crippen LogP contribution in [0.25, 0.3) is 111 Å². The van der Waals surface area contributed by atoms with Crippen LogP contribution in [0.15, 0.2) is 243 Å². The Morgan fingerprint density at radius 2 is 0.701 bits per heavy atom. The van der Waals surface area contributed by atoms with Gasteiger partial charge in [-0.25, -0.2) is 9.97 Å². The van der Waals surface area contributed by atoms with Crippen molar-refractivity contribution >= 4 is 32.3 Å². The fraction of sp³-hybridized carbons (Fsp3) is 0.0154. The molecular formula is C65H40N2. The normalized spacial score (nSPS) is 12.9. The second-order valence-electron chi connectivity index (χ2n) is 18.0. The Balaban J connectivity index is 0.949. The lowest BCUT2D eigenvalue weighted by Crippen LogP contribution is -2.25. The molecule has 0 atom stereocenters. The van der Waals surface area contributed by atoms with E-state index in [0.717, 1.165) is 39.2 Å². The lowest BCUT2D eigenvalue weighted by atomic mass is 9.70. The summed E-state index contributed by atoms with van der Waals surface area (Å²) >= 11 is 0. The third kappa shape index (κ3) is 5.57. The molecule has 11 aromatic carbocycles. The zero-order valence-electron chi connectivity index (χ0n) is 36.5. The van der Waals surface area contributed by atoms with Crippen LogP contribution in [0.4, 0.5) is 0 Å². The van der Waals surface area contributed by atoms with Crippen molar-refractivity contribution in [3.8, 4) is 78.4 Å². The summed E-state index contributed by atoms with van der Waals surface area (Å²) in [5.41, 5.74) is 19.9. The van der Waals surface area contributed by atoms with E-state index in [0.29, 0.717) is 5.82 Å². The van der Waals surface area contributed by atoms with Crippen LogP contribution >= 0.6 is 0 Å². The molecule has 1 heterocycles. The van der Waals surface area contributed by atoms with Gasteiger partial charge in [-0.15, -0.1) is 0 Å². The molecule has 2 heteroatoms. The van der Waals surface area contributed by atoms with E-state index in [1.165, 1.54) is 88.0 Å². The maximum Gasteiger partial charge on any atom is 0.160 e. The minimum atomic E-state index is -0.407. The lowest BCUT2D eigenvalue weighted by molar-refractivity contribution is 0.794. The standard InChI is InChI=1S/C65H40N2/c1-3-17-41(18-4-1)61-40-62(67-64(66-61)42-19-5-2-6-20-42)46-22-15-21-43(37-46)44-33-36-55-56(38-44)49-24-8-7-23-48(49)54-29-16-28-47(63(54)55)45-34-35-53-52-27-11-14-32-59(52)65(60(53)39-45)57-30-12-9-25-50(57)51-26-10-13-31-58(51)65/h1-40H. The molecule has 12 aromatic rings. The molecule has 0 saturated heterocycles. The molecule has 0 bridgehead atoms. The maximum atomic E-state index is 5.17. The lowest BCUT2D eigenvalue weighted by Gasteiger charge is -2.30. The number of benzene rings is 11. The summed E-state index contributed by atoms with van der Waals surface area (Å²) in [7, 11) is 0. The molecule has 2 aliphatic carbocycles. The average molecular weight is 849 g/mol. The first-order valence-electron chi connectivity index (χ1n) is 23.1. The molecule has 0 N–H and O–H groups in total. The third-order valence-corrected chi connectivity index (χ3v) is 14.5. The molecule has 2 nitrogen and oxygen atoms in total. The van der Waals surface area contributed by atoms with Gasteiger partial charge in [0, 0.05) is 16.7 Å². The van der Waals surface area contributed by atoms with Crippen LogP contribution in [-0.4, -0.2) is 9.97 Å². The molecule has 0 fully saturated rings. The molecule has 1 aromatic heterocycles. The van der Waals surface area contributed by atoms with E-state index in [9.17, 15) is 0 Å². The van der Waals surface area contributed by atoms with Crippen LogP contribution in [-0.2, 0) is 5.41 Å². The molecule has 0 radical (unpaired) electrons. The summed E-state index contributed by atoms with van der Waals surface area (Å²) in [4.78, 5) is 10.2. The first-order valence-corrected chi connectivity index (χ1v) is 23.1. The fourth-order valence-electron chi connectivity index (χ4n) is 11.6. The van der Waals surface area contributed by atoms with Crippen LogP contribution in [0, 0.1) is 0 Å². The molecule has 2 aliphatic rings. The van der Waals surface area contributed by atoms with E-state index in [1.54, 1.807) is 0 Å². The van der Waals surface area contributed by atoms with Crippen molar-refractivity contribution in [1.82, 2.24) is 9.97 Å². The molecule has 0 unspecified atom stereocenters. The van der Waals surface area contributed by atoms with E-state index in [2.05, 4.69) is 218 Å². The van der Waals surface area contributed by atoms with Crippen LogP contribution in [0.1, 0.15) is 22.3 Å². The van der Waals surface area contributed by atoms with Crippen molar-refractivity contribution in [1.29, 1.82) is 0 Å². The van der Waals surface area contributed by atoms with E-state index in [4.69, 9.17) is 9.97 Å². The molecule has 14 rings (SSSR count). The van der Waals surface area contributed by atoms with E-state index >= 15 is 0 Å². The number of aromatic nitrogens is 2. The van der Waals surface area contributed by atoms with Crippen molar-refractivity contribution in [2.24, 2.45) is 0 Å². The predicted octanol–water partition coefficient (Wildman–Crippen LogP) is 16.6. The predicted molar refractivity (Wildman–Crippen MR) is 278 cm³/mol. The van der Waals surface area contributed by atoms with Gasteiger partial charge in [-0.1, -0.05) is 218 Å². The number of nitrogens with zero attached hydrogens (tertiary/aromatic N) is 2. The maximum absolute atomic E-state index is 5.17. The van der Waals surface area contributed by atoms with Gasteiger partial charge in [0.05, 0.1) is 16.8 Å². The number of fused-ring (bicyclic) bond motifs is 16. The zero-order chi connectivity index (χ0) is 44.1. The summed E-state index contributed by atoms with van der Waals surface area (Å²) < 4.78 is 0. The van der Waals surface area contributed by atoms with Gasteiger partial charge in [-0.3, -0.25) is 0 Å². The summed E-state index contributed by atoms with van der Waals surface area (Å²) in [6, 6.07) is 88.9. The van der Waals surface area contributed by atoms with Gasteiger partial charge in [0.2, 0.25) is 0 Å². The van der Waals surface area contributed by atoms with Gasteiger partial charge in [-0.05, 0) is 123 Å². The zero-order valence-corrected chi connectivity index (χ0v) is 36.5. The van der Waals surface area contributed by atoms with Crippen molar-refractivity contribution in [3.63, 3.8) is 0 Å². The van der Waals surface area contributed by atoms with Crippen LogP contribution in [0.5, 0.6) is 0 Å². The molecule has 1 spiro atoms. The highest BCUT2D eigenvalue weighted by Crippen LogP contribution is 2.63. The van der Waals surface area contributed by atoms with Crippen LogP contribution in [0.3, 0.4) is 0 Å². The quantitative estimate of drug-likeness (QED) is 0.161. The SMILES string of the molecule is c1ccc(-c2cc(-c3cccc(-c4ccc5c(c4)c4ccccc4c4cccc(-c6ccc7c(c6)C6(c8ccccc8-c8ccccc86)c6ccccc6-7)c45)c3)nc(-c3ccccc3)n2)cc1. The number of hydrogen-bond acceptors (Lipinski definition) is 2. The summed E-state index contributed by atoms with van der Waals surface area (Å²) in [6.45, 7) is 0. The Morgan fingerprint density at radius 1 is 0.239 bits per heavy atom. The molecule has 0 amide bonds. The molecular weight excluding hydrogens is 809 g/mol. The van der Waals surface area contributed by atoms with Gasteiger partial charge in [0.15, 0.2) is 5.82 Å². The summed E-state index contributed by atoms with van der Waals surface area (Å²) in [5.74, 6) is 0.711. The Morgan fingerprint density at radius 3 is 1.39 bits per heavy atom. The smallest absolute Gasteiger partial charge is 0.160 e. The molecule has 67 heavy (non-hydrogen) atoms. The highest BCUT2D eigenvalue weighted by molar-refractivity contribution is 6.29. The first kappa shape index (κ1) is 37.6. The Labute approximate surface area is 389 Å². The minimum absolute atomic E-state index is 0.407. The molecule has 310 valence electrons. The van der Waals surface area contributed by atoms with Gasteiger partial charge < -0.3 is 0 Å². The van der Waals surface area contributed by atoms with Crippen LogP contribution in [0.2, 0.25) is 0 Å². The van der Waals surface area contributed by atoms with Crippen molar-refractivity contribution < 1.29 is 0 Å². The largest absolute Gasteiger partial charge is 0.228 e. The fourth-order valence-corrected chi connectivity index (χ4v) is 11.6. The molecule has 0 saturated carbocycles. The highest BCUT2D eigenvalue weighted by Gasteiger charge is 2.51. The Kier molecular flexibility index (Phi) is 8.23. The second-order valence-corrected chi connectivity index (χ2v) is 18.0. The van der Waals surface area contributed by atoms with Crippen molar-refractivity contribution in [3.05, 3.63) is 265 Å². The summed E-state index contributed by atoms with van der Waals surface area (Å²) in [6.07, 6.45) is 0. The van der Waals surface area contributed by atoms with Gasteiger partial charge >= 0.3 is 0 Å². The number of hydrogen-bond donors (Lipinski definition) is 0. The van der Waals surface area contributed by atoms with E-state index in [-0.39, 0.29) is 0 Å². The topological polar surface area (TPSA) is 25.8 Å². The van der Waals surface area contributed by atoms with Gasteiger partial charge in [-0.2, -0.15) is 0 Å². The van der Waals surface area contributed by atoms with Crippen molar-refractivity contribution in [2.45, 2.75) is 5.41 Å². The monoisotopic (exact) mass is 848 g/mol. The average Bonchev–Trinajstić information content (AvgIpc) is 3.88. The Bertz CT molecular complexity index is 3860. The van der Waals surface area contributed by atoms with E-state index < -0.39 is 5.41 Å². The second kappa shape index (κ2) is 14.7. The first-order chi connectivity index (χ1) is 33.2. The molecule has 0 aliphatic heterocycles. The minimum Gasteiger partial charge on any atom is -0.228 e. The highest BCUT2D eigenvalue weighted by atomic mass is 14.9. The van der Waals surface area contributed by atoms with E-state index in [1.807, 2.05) is 24.3 Å². The Hall–Kier alpha value is -8.72. The number of rotatable bonds is 5. The van der Waals surface area contributed by atoms with Crippen LogP contribution < -0.4 is 0 Å². The third-order valence-electron chi connectivity index (χ3n) is 14.5. The van der Waals surface area contributed by atoms with Crippen molar-refractivity contribution in [2.75, 3.05) is 0 Å². The van der Waals surface area contributed by atoms with Gasteiger partial charge in [0.25, 0.3) is 0 Å².